The summed E-state index contributed by atoms with van der Waals surface area (Å²) in [6.07, 6.45) is 3.59. The zero-order valence-corrected chi connectivity index (χ0v) is 19.6. The monoisotopic (exact) mass is 445 g/mol. The number of benzene rings is 2. The number of ether oxygens (including phenoxy) is 4. The molecule has 5 heteroatoms. The van der Waals surface area contributed by atoms with Crippen LogP contribution >= 0.6 is 0 Å². The van der Waals surface area contributed by atoms with Crippen molar-refractivity contribution in [2.75, 3.05) is 13.2 Å². The van der Waals surface area contributed by atoms with Gasteiger partial charge in [0.05, 0.1) is 0 Å². The normalized spacial score (nSPS) is 26.8. The van der Waals surface area contributed by atoms with Crippen LogP contribution in [0.3, 0.4) is 0 Å². The van der Waals surface area contributed by atoms with Crippen molar-refractivity contribution in [3.8, 4) is 11.5 Å². The van der Waals surface area contributed by atoms with Crippen molar-refractivity contribution in [3.63, 3.8) is 0 Å². The number of aryl methyl sites for hydroxylation is 4. The Morgan fingerprint density at radius 1 is 0.667 bits per heavy atom. The summed E-state index contributed by atoms with van der Waals surface area (Å²) in [5.74, 6) is 3.21. The minimum absolute atomic E-state index is 0. The van der Waals surface area contributed by atoms with E-state index in [1.54, 1.807) is 0 Å². The molecule has 4 atom stereocenters. The zero-order valence-electron chi connectivity index (χ0n) is 18.2. The summed E-state index contributed by atoms with van der Waals surface area (Å²) >= 11 is 0. The number of epoxide rings is 2. The Labute approximate surface area is 191 Å². The Bertz CT molecular complexity index is 811. The topological polar surface area (TPSA) is 43.5 Å². The molecule has 4 unspecified atom stereocenters. The van der Waals surface area contributed by atoms with E-state index in [2.05, 4.69) is 52.0 Å². The van der Waals surface area contributed by atoms with Crippen molar-refractivity contribution < 1.29 is 37.5 Å². The summed E-state index contributed by atoms with van der Waals surface area (Å²) < 4.78 is 22.3. The fourth-order valence-corrected chi connectivity index (χ4v) is 4.88. The molecule has 1 radical (unpaired) electrons. The van der Waals surface area contributed by atoms with Gasteiger partial charge in [0.25, 0.3) is 0 Å². The second kappa shape index (κ2) is 8.59. The van der Waals surface area contributed by atoms with Gasteiger partial charge < -0.3 is 18.9 Å². The van der Waals surface area contributed by atoms with Crippen LogP contribution in [-0.4, -0.2) is 25.8 Å². The molecule has 3 fully saturated rings. The van der Waals surface area contributed by atoms with Crippen molar-refractivity contribution >= 4 is 0 Å². The van der Waals surface area contributed by atoms with E-state index in [4.69, 9.17) is 18.9 Å². The first-order valence-corrected chi connectivity index (χ1v) is 10.8. The third-order valence-electron chi connectivity index (χ3n) is 6.44. The van der Waals surface area contributed by atoms with Gasteiger partial charge in [-0.25, -0.2) is 0 Å². The molecular weight excluding hydrogens is 415 g/mol. The molecule has 0 bridgehead atoms. The molecule has 159 valence electrons. The SMILES string of the molecule is Cc1cc(C2CCC(c3cc(C)c(OC4CO4)c(C)c3)C2)cc(C)c1OC1CO1.[V]. The van der Waals surface area contributed by atoms with Gasteiger partial charge in [0.2, 0.25) is 12.6 Å². The van der Waals surface area contributed by atoms with Gasteiger partial charge in [-0.15, -0.1) is 0 Å². The van der Waals surface area contributed by atoms with Crippen molar-refractivity contribution in [2.45, 2.75) is 71.4 Å². The minimum atomic E-state index is -0.0426. The summed E-state index contributed by atoms with van der Waals surface area (Å²) in [6.45, 7) is 10.0. The molecular formula is C25H30O4V. The van der Waals surface area contributed by atoms with Crippen LogP contribution in [0, 0.1) is 27.7 Å². The fourth-order valence-electron chi connectivity index (χ4n) is 4.88. The maximum Gasteiger partial charge on any atom is 0.223 e. The molecule has 3 aliphatic rings. The van der Waals surface area contributed by atoms with Crippen molar-refractivity contribution in [1.29, 1.82) is 0 Å². The van der Waals surface area contributed by atoms with Crippen LogP contribution in [0.4, 0.5) is 0 Å². The van der Waals surface area contributed by atoms with E-state index in [1.165, 1.54) is 52.6 Å². The molecule has 5 rings (SSSR count). The van der Waals surface area contributed by atoms with Crippen LogP contribution in [0.25, 0.3) is 0 Å². The first kappa shape index (κ1) is 21.8. The van der Waals surface area contributed by atoms with Crippen molar-refractivity contribution in [3.05, 3.63) is 57.6 Å². The quantitative estimate of drug-likeness (QED) is 0.556. The molecule has 2 aromatic rings. The molecule has 2 aromatic carbocycles. The second-order valence-corrected chi connectivity index (χ2v) is 8.94. The standard InChI is InChI=1S/C25H30O4.V/c1-14-7-20(8-15(2)24(14)28-22-12-26-22)18-5-6-19(11-18)21-9-16(3)25(17(4)10-21)29-23-13-27-23;/h7-10,18-19,22-23H,5-6,11-13H2,1-4H3;. The Kier molecular flexibility index (Phi) is 6.23. The van der Waals surface area contributed by atoms with Crippen LogP contribution in [-0.2, 0) is 28.0 Å². The van der Waals surface area contributed by atoms with E-state index < -0.39 is 0 Å². The van der Waals surface area contributed by atoms with E-state index in [0.29, 0.717) is 25.0 Å². The number of hydrogen-bond donors (Lipinski definition) is 0. The van der Waals surface area contributed by atoms with E-state index in [1.807, 2.05) is 0 Å². The Hall–Kier alpha value is -1.46. The second-order valence-electron chi connectivity index (χ2n) is 8.94. The molecule has 2 saturated heterocycles. The Balaban J connectivity index is 0.00000218. The van der Waals surface area contributed by atoms with E-state index in [-0.39, 0.29) is 31.1 Å². The molecule has 0 aromatic heterocycles. The third-order valence-corrected chi connectivity index (χ3v) is 6.44. The fraction of sp³-hybridized carbons (Fsp3) is 0.520. The molecule has 0 N–H and O–H groups in total. The van der Waals surface area contributed by atoms with Gasteiger partial charge in [-0.2, -0.15) is 0 Å². The van der Waals surface area contributed by atoms with Crippen LogP contribution < -0.4 is 9.47 Å². The van der Waals surface area contributed by atoms with E-state index in [0.717, 1.165) is 11.5 Å². The summed E-state index contributed by atoms with van der Waals surface area (Å²) in [6, 6.07) is 9.28. The largest absolute Gasteiger partial charge is 0.462 e. The Morgan fingerprint density at radius 3 is 1.30 bits per heavy atom. The van der Waals surface area contributed by atoms with Gasteiger partial charge in [-0.05, 0) is 92.2 Å². The summed E-state index contributed by atoms with van der Waals surface area (Å²) in [7, 11) is 0. The third kappa shape index (κ3) is 4.57. The molecule has 2 aliphatic heterocycles. The molecule has 1 saturated carbocycles. The van der Waals surface area contributed by atoms with Gasteiger partial charge in [-0.1, -0.05) is 24.3 Å². The van der Waals surface area contributed by atoms with Crippen LogP contribution in [0.5, 0.6) is 11.5 Å². The van der Waals surface area contributed by atoms with Crippen LogP contribution in [0.2, 0.25) is 0 Å². The number of rotatable bonds is 6. The molecule has 2 heterocycles. The van der Waals surface area contributed by atoms with Crippen molar-refractivity contribution in [2.24, 2.45) is 0 Å². The zero-order chi connectivity index (χ0) is 20.1. The molecule has 1 aliphatic carbocycles. The van der Waals surface area contributed by atoms with Crippen molar-refractivity contribution in [1.82, 2.24) is 0 Å². The predicted octanol–water partition coefficient (Wildman–Crippen LogP) is 5.44. The van der Waals surface area contributed by atoms with Gasteiger partial charge in [0.15, 0.2) is 0 Å². The minimum Gasteiger partial charge on any atom is -0.462 e. The predicted molar refractivity (Wildman–Crippen MR) is 112 cm³/mol. The average Bonchev–Trinajstić information content (AvgIpc) is 3.60. The maximum atomic E-state index is 5.92. The van der Waals surface area contributed by atoms with Gasteiger partial charge in [0.1, 0.15) is 24.7 Å². The first-order valence-electron chi connectivity index (χ1n) is 10.8. The Morgan fingerprint density at radius 2 is 1.00 bits per heavy atom. The molecule has 0 spiro atoms. The maximum absolute atomic E-state index is 5.92. The summed E-state index contributed by atoms with van der Waals surface area (Å²) in [5, 5.41) is 0. The van der Waals surface area contributed by atoms with Crippen LogP contribution in [0.15, 0.2) is 24.3 Å². The molecule has 30 heavy (non-hydrogen) atoms. The van der Waals surface area contributed by atoms with Gasteiger partial charge >= 0.3 is 0 Å². The van der Waals surface area contributed by atoms with Gasteiger partial charge in [0, 0.05) is 18.6 Å². The smallest absolute Gasteiger partial charge is 0.223 e. The van der Waals surface area contributed by atoms with Gasteiger partial charge in [-0.3, -0.25) is 0 Å². The van der Waals surface area contributed by atoms with E-state index >= 15 is 0 Å². The average molecular weight is 445 g/mol. The van der Waals surface area contributed by atoms with Crippen LogP contribution in [0.1, 0.15) is 64.5 Å². The summed E-state index contributed by atoms with van der Waals surface area (Å²) in [5.41, 5.74) is 7.77. The van der Waals surface area contributed by atoms with E-state index in [9.17, 15) is 0 Å². The molecule has 0 amide bonds. The molecule has 4 nitrogen and oxygen atoms in total. The first-order chi connectivity index (χ1) is 14.0. The summed E-state index contributed by atoms with van der Waals surface area (Å²) in [4.78, 5) is 0. The number of hydrogen-bond acceptors (Lipinski definition) is 4.